The van der Waals surface area contributed by atoms with Crippen LogP contribution in [0.1, 0.15) is 58.8 Å². The third-order valence-electron chi connectivity index (χ3n) is 6.73. The fourth-order valence-corrected chi connectivity index (χ4v) is 4.57. The molecule has 0 saturated carbocycles. The minimum atomic E-state index is -1.95. The van der Waals surface area contributed by atoms with Crippen LogP contribution in [0.4, 0.5) is 5.69 Å². The lowest BCUT2D eigenvalue weighted by atomic mass is 9.88. The van der Waals surface area contributed by atoms with E-state index in [1.807, 2.05) is 19.1 Å². The van der Waals surface area contributed by atoms with Crippen LogP contribution in [0.15, 0.2) is 60.7 Å². The molecule has 0 saturated heterocycles. The van der Waals surface area contributed by atoms with Gasteiger partial charge >= 0.3 is 0 Å². The van der Waals surface area contributed by atoms with Crippen molar-refractivity contribution in [2.75, 3.05) is 19.1 Å². The van der Waals surface area contributed by atoms with Crippen molar-refractivity contribution in [3.63, 3.8) is 0 Å². The van der Waals surface area contributed by atoms with E-state index in [1.165, 1.54) is 19.8 Å². The number of benzene rings is 3. The highest BCUT2D eigenvalue weighted by Gasteiger charge is 2.50. The maximum absolute atomic E-state index is 13.7. The van der Waals surface area contributed by atoms with Gasteiger partial charge in [0.25, 0.3) is 5.91 Å². The van der Waals surface area contributed by atoms with Crippen LogP contribution in [0.2, 0.25) is 0 Å². The number of para-hydroxylation sites is 1. The minimum Gasteiger partial charge on any atom is -0.493 e. The van der Waals surface area contributed by atoms with Crippen molar-refractivity contribution in [3.8, 4) is 11.5 Å². The summed E-state index contributed by atoms with van der Waals surface area (Å²) in [5.74, 6) is 0.395. The summed E-state index contributed by atoms with van der Waals surface area (Å²) in [6.07, 6.45) is -0.375. The van der Waals surface area contributed by atoms with Gasteiger partial charge in [0.05, 0.1) is 32.9 Å². The van der Waals surface area contributed by atoms with Gasteiger partial charge in [0.1, 0.15) is 0 Å². The van der Waals surface area contributed by atoms with E-state index in [4.69, 9.17) is 9.47 Å². The summed E-state index contributed by atoms with van der Waals surface area (Å²) in [5, 5.41) is 11.7. The van der Waals surface area contributed by atoms with Gasteiger partial charge in [-0.05, 0) is 53.8 Å². The number of ketones is 1. The number of methoxy groups -OCH3 is 2. The van der Waals surface area contributed by atoms with E-state index in [0.29, 0.717) is 40.8 Å². The molecule has 1 amide bonds. The molecule has 0 bridgehead atoms. The molecule has 6 nitrogen and oxygen atoms in total. The van der Waals surface area contributed by atoms with Crippen molar-refractivity contribution in [1.82, 2.24) is 0 Å². The first kappa shape index (κ1) is 24.5. The second kappa shape index (κ2) is 9.55. The predicted octanol–water partition coefficient (Wildman–Crippen LogP) is 5.14. The number of hydrogen-bond acceptors (Lipinski definition) is 5. The number of carbonyl (C=O) groups is 2. The second-order valence-corrected chi connectivity index (χ2v) is 9.28. The summed E-state index contributed by atoms with van der Waals surface area (Å²) < 4.78 is 10.6. The number of ether oxygens (including phenoxy) is 2. The van der Waals surface area contributed by atoms with Crippen LogP contribution in [-0.2, 0) is 16.9 Å². The van der Waals surface area contributed by atoms with Gasteiger partial charge in [-0.3, -0.25) is 9.59 Å². The van der Waals surface area contributed by atoms with Gasteiger partial charge in [0.2, 0.25) is 0 Å². The van der Waals surface area contributed by atoms with Crippen molar-refractivity contribution < 1.29 is 24.2 Å². The molecule has 1 heterocycles. The highest BCUT2D eigenvalue weighted by Crippen LogP contribution is 2.44. The Morgan fingerprint density at radius 1 is 1.00 bits per heavy atom. The zero-order valence-corrected chi connectivity index (χ0v) is 20.8. The summed E-state index contributed by atoms with van der Waals surface area (Å²) >= 11 is 0. The SMILES string of the molecule is COc1ccc(C(=O)CC2(O)C(=O)N(Cc3cc(C(C)C)ccc3C)c3ccccc32)cc1OC. The first-order chi connectivity index (χ1) is 16.7. The summed E-state index contributed by atoms with van der Waals surface area (Å²) in [4.78, 5) is 28.5. The quantitative estimate of drug-likeness (QED) is 0.458. The monoisotopic (exact) mass is 473 g/mol. The molecule has 1 unspecified atom stereocenters. The van der Waals surface area contributed by atoms with Crippen LogP contribution in [0.3, 0.4) is 0 Å². The molecule has 0 aromatic heterocycles. The normalized spacial score (nSPS) is 17.0. The zero-order valence-electron chi connectivity index (χ0n) is 20.8. The van der Waals surface area contributed by atoms with E-state index in [9.17, 15) is 14.7 Å². The zero-order chi connectivity index (χ0) is 25.3. The maximum Gasteiger partial charge on any atom is 0.264 e. The molecule has 3 aromatic rings. The lowest BCUT2D eigenvalue weighted by Crippen LogP contribution is -2.41. The number of anilines is 1. The summed E-state index contributed by atoms with van der Waals surface area (Å²) in [6, 6.07) is 18.2. The van der Waals surface area contributed by atoms with Crippen molar-refractivity contribution in [1.29, 1.82) is 0 Å². The Morgan fingerprint density at radius 3 is 2.40 bits per heavy atom. The van der Waals surface area contributed by atoms with E-state index in [2.05, 4.69) is 32.0 Å². The maximum atomic E-state index is 13.7. The molecule has 1 atom stereocenters. The van der Waals surface area contributed by atoms with Crippen LogP contribution in [-0.4, -0.2) is 31.0 Å². The topological polar surface area (TPSA) is 76.1 Å². The number of aryl methyl sites for hydroxylation is 1. The highest BCUT2D eigenvalue weighted by atomic mass is 16.5. The first-order valence-electron chi connectivity index (χ1n) is 11.7. The van der Waals surface area contributed by atoms with Gasteiger partial charge in [-0.15, -0.1) is 0 Å². The smallest absolute Gasteiger partial charge is 0.264 e. The molecule has 0 radical (unpaired) electrons. The molecule has 0 spiro atoms. The average Bonchev–Trinajstić information content (AvgIpc) is 3.06. The van der Waals surface area contributed by atoms with Gasteiger partial charge < -0.3 is 19.5 Å². The molecule has 35 heavy (non-hydrogen) atoms. The summed E-state index contributed by atoms with van der Waals surface area (Å²) in [6.45, 7) is 6.58. The highest BCUT2D eigenvalue weighted by molar-refractivity contribution is 6.10. The summed E-state index contributed by atoms with van der Waals surface area (Å²) in [7, 11) is 3.01. The van der Waals surface area contributed by atoms with E-state index in [-0.39, 0.29) is 12.2 Å². The summed E-state index contributed by atoms with van der Waals surface area (Å²) in [5.41, 5.74) is 2.70. The minimum absolute atomic E-state index is 0.315. The fourth-order valence-electron chi connectivity index (χ4n) is 4.57. The molecular weight excluding hydrogens is 442 g/mol. The number of hydrogen-bond donors (Lipinski definition) is 1. The fraction of sp³-hybridized carbons (Fsp3) is 0.310. The van der Waals surface area contributed by atoms with Crippen LogP contribution >= 0.6 is 0 Å². The molecule has 1 N–H and O–H groups in total. The molecule has 0 aliphatic carbocycles. The van der Waals surface area contributed by atoms with Crippen LogP contribution in [0.5, 0.6) is 11.5 Å². The lowest BCUT2D eigenvalue weighted by Gasteiger charge is -2.24. The van der Waals surface area contributed by atoms with Crippen molar-refractivity contribution in [2.24, 2.45) is 0 Å². The third-order valence-corrected chi connectivity index (χ3v) is 6.73. The number of Topliss-reactive ketones (excluding diaryl/α,β-unsaturated/α-hetero) is 1. The Morgan fingerprint density at radius 2 is 1.71 bits per heavy atom. The molecule has 0 fully saturated rings. The molecule has 1 aliphatic heterocycles. The van der Waals surface area contributed by atoms with Crippen LogP contribution in [0.25, 0.3) is 0 Å². The lowest BCUT2D eigenvalue weighted by molar-refractivity contribution is -0.136. The average molecular weight is 474 g/mol. The Kier molecular flexibility index (Phi) is 6.68. The number of aliphatic hydroxyl groups is 1. The van der Waals surface area contributed by atoms with Crippen LogP contribution in [0, 0.1) is 6.92 Å². The van der Waals surface area contributed by atoms with Gasteiger partial charge in [-0.25, -0.2) is 0 Å². The Hall–Kier alpha value is -3.64. The van der Waals surface area contributed by atoms with Crippen molar-refractivity contribution in [2.45, 2.75) is 45.3 Å². The van der Waals surface area contributed by atoms with Crippen molar-refractivity contribution in [3.05, 3.63) is 88.5 Å². The molecule has 6 heteroatoms. The Bertz CT molecular complexity index is 1280. The Labute approximate surface area is 206 Å². The van der Waals surface area contributed by atoms with E-state index < -0.39 is 11.5 Å². The van der Waals surface area contributed by atoms with E-state index in [0.717, 1.165) is 11.1 Å². The van der Waals surface area contributed by atoms with Gasteiger partial charge in [-0.2, -0.15) is 0 Å². The standard InChI is InChI=1S/C29H31NO5/c1-18(2)20-11-10-19(3)22(14-20)17-30-24-9-7-6-8-23(24)29(33,28(30)32)16-25(31)21-12-13-26(34-4)27(15-21)35-5/h6-15,18,33H,16-17H2,1-5H3. The number of nitrogens with zero attached hydrogens (tertiary/aromatic N) is 1. The third kappa shape index (κ3) is 4.42. The Balaban J connectivity index is 1.68. The molecule has 3 aromatic carbocycles. The number of rotatable bonds is 8. The first-order valence-corrected chi connectivity index (χ1v) is 11.7. The van der Waals surface area contributed by atoms with Crippen molar-refractivity contribution >= 4 is 17.4 Å². The predicted molar refractivity (Wildman–Crippen MR) is 135 cm³/mol. The number of fused-ring (bicyclic) bond motifs is 1. The second-order valence-electron chi connectivity index (χ2n) is 9.28. The van der Waals surface area contributed by atoms with Gasteiger partial charge in [0, 0.05) is 11.1 Å². The largest absolute Gasteiger partial charge is 0.493 e. The molecule has 182 valence electrons. The van der Waals surface area contributed by atoms with Gasteiger partial charge in [-0.1, -0.05) is 50.2 Å². The van der Waals surface area contributed by atoms with Crippen LogP contribution < -0.4 is 14.4 Å². The van der Waals surface area contributed by atoms with Gasteiger partial charge in [0.15, 0.2) is 22.9 Å². The van der Waals surface area contributed by atoms with E-state index in [1.54, 1.807) is 35.2 Å². The number of amides is 1. The molecular formula is C29H31NO5. The molecule has 1 aliphatic rings. The van der Waals surface area contributed by atoms with E-state index >= 15 is 0 Å². The number of carbonyl (C=O) groups excluding carboxylic acids is 2. The molecule has 4 rings (SSSR count).